The maximum absolute atomic E-state index is 6.26. The largest absolute Gasteiger partial charge is 0.309 e. The molecule has 0 bridgehead atoms. The fourth-order valence-corrected chi connectivity index (χ4v) is 3.29. The molecule has 0 saturated heterocycles. The molecule has 0 N–H and O–H groups in total. The quantitative estimate of drug-likeness (QED) is 0.768. The molecule has 0 unspecified atom stereocenters. The number of benzene rings is 2. The molecule has 2 nitrogen and oxygen atoms in total. The molecule has 2 aromatic carbocycles. The van der Waals surface area contributed by atoms with E-state index in [1.165, 1.54) is 22.3 Å². The SMILES string of the molecule is CN(C)CCCN=C1c2ccccc2CCc2ccc(Cl)cc21. The van der Waals surface area contributed by atoms with E-state index in [2.05, 4.69) is 55.4 Å². The summed E-state index contributed by atoms with van der Waals surface area (Å²) in [7, 11) is 4.20. The first-order valence-corrected chi connectivity index (χ1v) is 8.59. The number of hydrogen-bond acceptors (Lipinski definition) is 2. The summed E-state index contributed by atoms with van der Waals surface area (Å²) in [5.74, 6) is 0. The van der Waals surface area contributed by atoms with Crippen molar-refractivity contribution in [2.45, 2.75) is 19.3 Å². The maximum atomic E-state index is 6.26. The fourth-order valence-electron chi connectivity index (χ4n) is 3.12. The van der Waals surface area contributed by atoms with Crippen molar-refractivity contribution in [2.24, 2.45) is 4.99 Å². The van der Waals surface area contributed by atoms with Crippen molar-refractivity contribution in [2.75, 3.05) is 27.2 Å². The average Bonchev–Trinajstić information content (AvgIpc) is 2.68. The number of fused-ring (bicyclic) bond motifs is 2. The van der Waals surface area contributed by atoms with Crippen LogP contribution in [-0.2, 0) is 12.8 Å². The number of nitrogens with zero attached hydrogens (tertiary/aromatic N) is 2. The van der Waals surface area contributed by atoms with Crippen molar-refractivity contribution in [1.29, 1.82) is 0 Å². The third kappa shape index (κ3) is 3.82. The van der Waals surface area contributed by atoms with E-state index in [4.69, 9.17) is 16.6 Å². The highest BCUT2D eigenvalue weighted by Crippen LogP contribution is 2.27. The van der Waals surface area contributed by atoms with E-state index >= 15 is 0 Å². The molecule has 0 aliphatic heterocycles. The Labute approximate surface area is 143 Å². The first-order valence-electron chi connectivity index (χ1n) is 8.21. The van der Waals surface area contributed by atoms with Crippen molar-refractivity contribution >= 4 is 17.3 Å². The van der Waals surface area contributed by atoms with Crippen LogP contribution in [0, 0.1) is 0 Å². The summed E-state index contributed by atoms with van der Waals surface area (Å²) >= 11 is 6.26. The minimum atomic E-state index is 0.782. The van der Waals surface area contributed by atoms with Crippen molar-refractivity contribution in [1.82, 2.24) is 4.90 Å². The second kappa shape index (κ2) is 7.29. The first kappa shape index (κ1) is 16.2. The second-order valence-corrected chi connectivity index (χ2v) is 6.78. The molecule has 0 radical (unpaired) electrons. The molecule has 0 heterocycles. The van der Waals surface area contributed by atoms with Gasteiger partial charge in [-0.3, -0.25) is 4.99 Å². The highest BCUT2D eigenvalue weighted by molar-refractivity contribution is 6.31. The third-order valence-corrected chi connectivity index (χ3v) is 4.53. The number of aliphatic imine (C=N–C) groups is 1. The van der Waals surface area contributed by atoms with Crippen LogP contribution in [0.25, 0.3) is 0 Å². The minimum absolute atomic E-state index is 0.782. The van der Waals surface area contributed by atoms with Crippen molar-refractivity contribution in [3.63, 3.8) is 0 Å². The first-order chi connectivity index (χ1) is 11.1. The zero-order valence-corrected chi connectivity index (χ0v) is 14.6. The van der Waals surface area contributed by atoms with Gasteiger partial charge in [0.15, 0.2) is 0 Å². The molecule has 1 aliphatic rings. The fraction of sp³-hybridized carbons (Fsp3) is 0.350. The van der Waals surface area contributed by atoms with E-state index in [1.807, 2.05) is 6.07 Å². The van der Waals surface area contributed by atoms with E-state index in [1.54, 1.807) is 0 Å². The van der Waals surface area contributed by atoms with Crippen LogP contribution in [0.1, 0.15) is 28.7 Å². The summed E-state index contributed by atoms with van der Waals surface area (Å²) in [6, 6.07) is 14.8. The van der Waals surface area contributed by atoms with Gasteiger partial charge >= 0.3 is 0 Å². The van der Waals surface area contributed by atoms with E-state index in [0.717, 1.165) is 43.1 Å². The molecule has 0 fully saturated rings. The van der Waals surface area contributed by atoms with Gasteiger partial charge in [0.25, 0.3) is 0 Å². The van der Waals surface area contributed by atoms with Gasteiger partial charge in [0.2, 0.25) is 0 Å². The van der Waals surface area contributed by atoms with Crippen molar-refractivity contribution in [3.8, 4) is 0 Å². The Kier molecular flexibility index (Phi) is 5.14. The summed E-state index contributed by atoms with van der Waals surface area (Å²) in [5, 5.41) is 0.782. The Morgan fingerprint density at radius 1 is 1.00 bits per heavy atom. The lowest BCUT2D eigenvalue weighted by Gasteiger charge is -2.12. The summed E-state index contributed by atoms with van der Waals surface area (Å²) in [5.41, 5.74) is 6.29. The molecular weight excluding hydrogens is 304 g/mol. The maximum Gasteiger partial charge on any atom is 0.0724 e. The van der Waals surface area contributed by atoms with Crippen LogP contribution in [0.4, 0.5) is 0 Å². The number of aryl methyl sites for hydroxylation is 2. The average molecular weight is 327 g/mol. The zero-order chi connectivity index (χ0) is 16.2. The Balaban J connectivity index is 2.01. The van der Waals surface area contributed by atoms with Gasteiger partial charge in [-0.1, -0.05) is 41.9 Å². The number of rotatable bonds is 4. The normalized spacial score (nSPS) is 15.4. The molecule has 120 valence electrons. The highest BCUT2D eigenvalue weighted by atomic mass is 35.5. The van der Waals surface area contributed by atoms with E-state index in [0.29, 0.717) is 0 Å². The predicted octanol–water partition coefficient (Wildman–Crippen LogP) is 4.23. The Bertz CT molecular complexity index is 719. The van der Waals surface area contributed by atoms with Crippen LogP contribution in [0.5, 0.6) is 0 Å². The zero-order valence-electron chi connectivity index (χ0n) is 13.8. The number of hydrogen-bond donors (Lipinski definition) is 0. The second-order valence-electron chi connectivity index (χ2n) is 6.35. The molecule has 0 aromatic heterocycles. The summed E-state index contributed by atoms with van der Waals surface area (Å²) in [6.45, 7) is 1.90. The van der Waals surface area contributed by atoms with Crippen LogP contribution in [0.2, 0.25) is 5.02 Å². The van der Waals surface area contributed by atoms with Crippen molar-refractivity contribution < 1.29 is 0 Å². The molecule has 0 spiro atoms. The molecule has 0 amide bonds. The van der Waals surface area contributed by atoms with E-state index < -0.39 is 0 Å². The lowest BCUT2D eigenvalue weighted by molar-refractivity contribution is 0.403. The van der Waals surface area contributed by atoms with Gasteiger partial charge in [-0.05, 0) is 63.2 Å². The van der Waals surface area contributed by atoms with Crippen LogP contribution in [0.15, 0.2) is 47.5 Å². The molecule has 0 saturated carbocycles. The summed E-state index contributed by atoms with van der Waals surface area (Å²) < 4.78 is 0. The smallest absolute Gasteiger partial charge is 0.0724 e. The van der Waals surface area contributed by atoms with E-state index in [-0.39, 0.29) is 0 Å². The third-order valence-electron chi connectivity index (χ3n) is 4.30. The standard InChI is InChI=1S/C20H23ClN2/c1-23(2)13-5-12-22-20-18-7-4-3-6-15(18)8-9-16-10-11-17(21)14-19(16)20/h3-4,6-7,10-11,14H,5,8-9,12-13H2,1-2H3. The Morgan fingerprint density at radius 2 is 1.74 bits per heavy atom. The van der Waals surface area contributed by atoms with Gasteiger partial charge in [0.05, 0.1) is 5.71 Å². The van der Waals surface area contributed by atoms with Crippen molar-refractivity contribution in [3.05, 3.63) is 69.7 Å². The van der Waals surface area contributed by atoms with Gasteiger partial charge in [-0.15, -0.1) is 0 Å². The van der Waals surface area contributed by atoms with Gasteiger partial charge < -0.3 is 4.90 Å². The van der Waals surface area contributed by atoms with Gasteiger partial charge in [-0.2, -0.15) is 0 Å². The van der Waals surface area contributed by atoms with Gasteiger partial charge in [0.1, 0.15) is 0 Å². The molecule has 3 heteroatoms. The minimum Gasteiger partial charge on any atom is -0.309 e. The van der Waals surface area contributed by atoms with Crippen LogP contribution in [-0.4, -0.2) is 37.8 Å². The lowest BCUT2D eigenvalue weighted by atomic mass is 9.98. The van der Waals surface area contributed by atoms with E-state index in [9.17, 15) is 0 Å². The molecular formula is C20H23ClN2. The van der Waals surface area contributed by atoms with Gasteiger partial charge in [0, 0.05) is 22.7 Å². The lowest BCUT2D eigenvalue weighted by Crippen LogP contribution is -2.14. The molecule has 1 aliphatic carbocycles. The highest BCUT2D eigenvalue weighted by Gasteiger charge is 2.19. The van der Waals surface area contributed by atoms with Crippen LogP contribution < -0.4 is 0 Å². The van der Waals surface area contributed by atoms with Gasteiger partial charge in [-0.25, -0.2) is 0 Å². The molecule has 23 heavy (non-hydrogen) atoms. The monoisotopic (exact) mass is 326 g/mol. The summed E-state index contributed by atoms with van der Waals surface area (Å²) in [4.78, 5) is 7.17. The Morgan fingerprint density at radius 3 is 2.52 bits per heavy atom. The molecule has 3 rings (SSSR count). The predicted molar refractivity (Wildman–Crippen MR) is 99.0 cm³/mol. The van der Waals surface area contributed by atoms with Crippen LogP contribution in [0.3, 0.4) is 0 Å². The summed E-state index contributed by atoms with van der Waals surface area (Å²) in [6.07, 6.45) is 3.16. The number of halogens is 1. The van der Waals surface area contributed by atoms with Crippen LogP contribution >= 0.6 is 11.6 Å². The topological polar surface area (TPSA) is 15.6 Å². The Hall–Kier alpha value is -1.64. The molecule has 0 atom stereocenters. The molecule has 2 aromatic rings.